The summed E-state index contributed by atoms with van der Waals surface area (Å²) in [5.74, 6) is 1.58. The molecule has 1 aliphatic rings. The molecule has 0 aromatic heterocycles. The van der Waals surface area contributed by atoms with Crippen LogP contribution >= 0.6 is 0 Å². The number of benzene rings is 1. The van der Waals surface area contributed by atoms with Gasteiger partial charge in [-0.15, -0.1) is 0 Å². The van der Waals surface area contributed by atoms with Crippen molar-refractivity contribution in [1.82, 2.24) is 4.90 Å². The van der Waals surface area contributed by atoms with E-state index in [-0.39, 0.29) is 6.10 Å². The van der Waals surface area contributed by atoms with Crippen LogP contribution in [0.3, 0.4) is 0 Å². The van der Waals surface area contributed by atoms with E-state index in [1.54, 1.807) is 14.2 Å². The fraction of sp³-hybridized carbons (Fsp3) is 0.667. The van der Waals surface area contributed by atoms with Crippen LogP contribution in [0.25, 0.3) is 0 Å². The van der Waals surface area contributed by atoms with Gasteiger partial charge in [-0.25, -0.2) is 0 Å². The number of ether oxygens (including phenoxy) is 3. The average molecular weight is 323 g/mol. The van der Waals surface area contributed by atoms with Crippen molar-refractivity contribution < 1.29 is 19.3 Å². The van der Waals surface area contributed by atoms with Gasteiger partial charge in [-0.1, -0.05) is 0 Å². The van der Waals surface area contributed by atoms with Crippen LogP contribution < -0.4 is 9.47 Å². The second kappa shape index (κ2) is 8.52. The van der Waals surface area contributed by atoms with E-state index in [0.717, 1.165) is 23.6 Å². The van der Waals surface area contributed by atoms with Crippen LogP contribution in [0.15, 0.2) is 18.2 Å². The number of rotatable bonds is 10. The number of hydrogen-bond acceptors (Lipinski definition) is 5. The summed E-state index contributed by atoms with van der Waals surface area (Å²) in [6.07, 6.45) is 2.06. The van der Waals surface area contributed by atoms with Gasteiger partial charge < -0.3 is 19.3 Å². The maximum Gasteiger partial charge on any atom is 0.122 e. The molecule has 1 aliphatic carbocycles. The third-order valence-corrected chi connectivity index (χ3v) is 3.93. The minimum absolute atomic E-state index is 0.140. The molecule has 23 heavy (non-hydrogen) atoms. The Bertz CT molecular complexity index is 466. The third-order valence-electron chi connectivity index (χ3n) is 3.93. The van der Waals surface area contributed by atoms with Gasteiger partial charge in [0.2, 0.25) is 0 Å². The molecule has 1 unspecified atom stereocenters. The molecule has 0 bridgehead atoms. The van der Waals surface area contributed by atoms with Gasteiger partial charge in [-0.3, -0.25) is 4.90 Å². The molecule has 0 radical (unpaired) electrons. The van der Waals surface area contributed by atoms with E-state index < -0.39 is 6.10 Å². The van der Waals surface area contributed by atoms with Gasteiger partial charge in [0.15, 0.2) is 0 Å². The third kappa shape index (κ3) is 6.01. The smallest absolute Gasteiger partial charge is 0.122 e. The molecular weight excluding hydrogens is 294 g/mol. The van der Waals surface area contributed by atoms with Crippen LogP contribution in [0, 0.1) is 0 Å². The second-order valence-corrected chi connectivity index (χ2v) is 6.42. The lowest BCUT2D eigenvalue weighted by Gasteiger charge is -2.25. The maximum atomic E-state index is 10.2. The van der Waals surface area contributed by atoms with Crippen molar-refractivity contribution in [2.45, 2.75) is 51.5 Å². The largest absolute Gasteiger partial charge is 0.497 e. The summed E-state index contributed by atoms with van der Waals surface area (Å²) in [5, 5.41) is 10.2. The van der Waals surface area contributed by atoms with Crippen molar-refractivity contribution in [2.75, 3.05) is 27.4 Å². The maximum absolute atomic E-state index is 10.2. The Morgan fingerprint density at radius 1 is 1.13 bits per heavy atom. The van der Waals surface area contributed by atoms with Gasteiger partial charge in [-0.2, -0.15) is 0 Å². The quantitative estimate of drug-likeness (QED) is 0.717. The van der Waals surface area contributed by atoms with Gasteiger partial charge in [-0.05, 0) is 44.4 Å². The van der Waals surface area contributed by atoms with Crippen LogP contribution in [-0.2, 0) is 11.3 Å². The first kappa shape index (κ1) is 18.0. The second-order valence-electron chi connectivity index (χ2n) is 6.42. The molecule has 1 aromatic carbocycles. The fourth-order valence-electron chi connectivity index (χ4n) is 2.60. The fourth-order valence-corrected chi connectivity index (χ4v) is 2.60. The van der Waals surface area contributed by atoms with Crippen LogP contribution in [-0.4, -0.2) is 55.6 Å². The Balaban J connectivity index is 1.99. The predicted molar refractivity (Wildman–Crippen MR) is 90.1 cm³/mol. The highest BCUT2D eigenvalue weighted by Crippen LogP contribution is 2.30. The summed E-state index contributed by atoms with van der Waals surface area (Å²) in [4.78, 5) is 2.32. The number of hydrogen-bond donors (Lipinski definition) is 1. The predicted octanol–water partition coefficient (Wildman–Crippen LogP) is 2.45. The number of nitrogens with zero attached hydrogens (tertiary/aromatic N) is 1. The molecule has 0 spiro atoms. The first-order chi connectivity index (χ1) is 11.0. The van der Waals surface area contributed by atoms with Crippen LogP contribution in [0.1, 0.15) is 32.3 Å². The number of aliphatic hydroxyl groups is 1. The number of aliphatic hydroxyl groups excluding tert-OH is 1. The Morgan fingerprint density at radius 3 is 2.22 bits per heavy atom. The molecule has 5 heteroatoms. The van der Waals surface area contributed by atoms with E-state index in [1.807, 2.05) is 32.0 Å². The molecule has 1 fully saturated rings. The van der Waals surface area contributed by atoms with Crippen molar-refractivity contribution in [1.29, 1.82) is 0 Å². The molecule has 0 heterocycles. The highest BCUT2D eigenvalue weighted by atomic mass is 16.5. The lowest BCUT2D eigenvalue weighted by atomic mass is 10.1. The molecule has 1 atom stereocenters. The van der Waals surface area contributed by atoms with Crippen molar-refractivity contribution in [3.8, 4) is 11.5 Å². The van der Waals surface area contributed by atoms with Crippen molar-refractivity contribution in [2.24, 2.45) is 0 Å². The molecule has 0 saturated heterocycles. The zero-order valence-corrected chi connectivity index (χ0v) is 14.6. The molecule has 5 nitrogen and oxygen atoms in total. The van der Waals surface area contributed by atoms with Gasteiger partial charge >= 0.3 is 0 Å². The molecule has 1 saturated carbocycles. The van der Waals surface area contributed by atoms with Crippen LogP contribution in [0.5, 0.6) is 11.5 Å². The van der Waals surface area contributed by atoms with E-state index in [9.17, 15) is 5.11 Å². The van der Waals surface area contributed by atoms with Crippen molar-refractivity contribution in [3.05, 3.63) is 23.8 Å². The van der Waals surface area contributed by atoms with Crippen LogP contribution in [0.2, 0.25) is 0 Å². The SMILES string of the molecule is COc1cc(CN(CC(O)COC(C)C)C2CC2)cc(OC)c1. The normalized spacial score (nSPS) is 16.0. The summed E-state index contributed by atoms with van der Waals surface area (Å²) in [5.41, 5.74) is 1.13. The van der Waals surface area contributed by atoms with Crippen molar-refractivity contribution in [3.63, 3.8) is 0 Å². The standard InChI is InChI=1S/C18H29NO4/c1-13(2)23-12-16(20)11-19(15-5-6-15)10-14-7-17(21-3)9-18(8-14)22-4/h7-9,13,15-16,20H,5-6,10-12H2,1-4H3. The van der Waals surface area contributed by atoms with Crippen LogP contribution in [0.4, 0.5) is 0 Å². The molecule has 1 N–H and O–H groups in total. The van der Waals surface area contributed by atoms with E-state index in [1.165, 1.54) is 12.8 Å². The highest BCUT2D eigenvalue weighted by Gasteiger charge is 2.30. The van der Waals surface area contributed by atoms with Gasteiger partial charge in [0.05, 0.1) is 33.0 Å². The lowest BCUT2D eigenvalue weighted by Crippen LogP contribution is -2.36. The summed E-state index contributed by atoms with van der Waals surface area (Å²) < 4.78 is 16.2. The van der Waals surface area contributed by atoms with Crippen molar-refractivity contribution >= 4 is 0 Å². The lowest BCUT2D eigenvalue weighted by molar-refractivity contribution is -0.0107. The Labute approximate surface area is 139 Å². The first-order valence-electron chi connectivity index (χ1n) is 8.27. The van der Waals surface area contributed by atoms with Gasteiger partial charge in [0, 0.05) is 25.2 Å². The van der Waals surface area contributed by atoms with E-state index in [2.05, 4.69) is 4.90 Å². The minimum atomic E-state index is -0.467. The first-order valence-corrected chi connectivity index (χ1v) is 8.27. The Morgan fingerprint density at radius 2 is 1.74 bits per heavy atom. The molecule has 0 amide bonds. The summed E-state index contributed by atoms with van der Waals surface area (Å²) in [7, 11) is 3.31. The Hall–Kier alpha value is -1.30. The average Bonchev–Trinajstić information content (AvgIpc) is 3.36. The van der Waals surface area contributed by atoms with E-state index >= 15 is 0 Å². The Kier molecular flexibility index (Phi) is 6.69. The topological polar surface area (TPSA) is 51.2 Å². The minimum Gasteiger partial charge on any atom is -0.497 e. The summed E-state index contributed by atoms with van der Waals surface area (Å²) >= 11 is 0. The molecule has 130 valence electrons. The van der Waals surface area contributed by atoms with Gasteiger partial charge in [0.25, 0.3) is 0 Å². The highest BCUT2D eigenvalue weighted by molar-refractivity contribution is 5.38. The molecule has 2 rings (SSSR count). The molecular formula is C18H29NO4. The molecule has 1 aromatic rings. The zero-order valence-electron chi connectivity index (χ0n) is 14.6. The van der Waals surface area contributed by atoms with Gasteiger partial charge in [0.1, 0.15) is 11.5 Å². The number of methoxy groups -OCH3 is 2. The monoisotopic (exact) mass is 323 g/mol. The van der Waals surface area contributed by atoms with E-state index in [0.29, 0.717) is 19.2 Å². The summed E-state index contributed by atoms with van der Waals surface area (Å²) in [6.45, 7) is 5.73. The zero-order chi connectivity index (χ0) is 16.8. The summed E-state index contributed by atoms with van der Waals surface area (Å²) in [6, 6.07) is 6.47. The van der Waals surface area contributed by atoms with E-state index in [4.69, 9.17) is 14.2 Å². The molecule has 0 aliphatic heterocycles.